The van der Waals surface area contributed by atoms with Crippen molar-refractivity contribution in [2.75, 3.05) is 0 Å². The normalized spacial score (nSPS) is 11.3. The summed E-state index contributed by atoms with van der Waals surface area (Å²) in [6, 6.07) is 58.8. The second-order valence-electron chi connectivity index (χ2n) is 12.0. The molecule has 0 aliphatic heterocycles. The molecule has 0 amide bonds. The Hall–Kier alpha value is -6.88. The summed E-state index contributed by atoms with van der Waals surface area (Å²) >= 11 is 0. The number of rotatable bonds is 4. The molecule has 9 aromatic rings. The SMILES string of the molecule is N#Cc1ccc(-c2ccc(-c3cccc(-n4c5ccccc5c5ccccc54)c3C#N)cc2)c(-n2c3ccccc3c3ccccc32)c1. The molecule has 7 aromatic carbocycles. The molecule has 0 radical (unpaired) electrons. The Kier molecular flexibility index (Phi) is 6.22. The summed E-state index contributed by atoms with van der Waals surface area (Å²) in [5.74, 6) is 0. The van der Waals surface area contributed by atoms with E-state index in [9.17, 15) is 10.5 Å². The number of hydrogen-bond donors (Lipinski definition) is 0. The van der Waals surface area contributed by atoms with Gasteiger partial charge < -0.3 is 9.13 Å². The Morgan fingerprint density at radius 3 is 1.31 bits per heavy atom. The van der Waals surface area contributed by atoms with Crippen LogP contribution in [0.25, 0.3) is 77.2 Å². The highest BCUT2D eigenvalue weighted by atomic mass is 15.0. The van der Waals surface area contributed by atoms with E-state index in [-0.39, 0.29) is 0 Å². The fourth-order valence-electron chi connectivity index (χ4n) is 7.31. The van der Waals surface area contributed by atoms with Crippen LogP contribution < -0.4 is 0 Å². The zero-order valence-corrected chi connectivity index (χ0v) is 25.8. The maximum atomic E-state index is 10.6. The van der Waals surface area contributed by atoms with E-state index >= 15 is 0 Å². The summed E-state index contributed by atoms with van der Waals surface area (Å²) in [5.41, 5.74) is 11.2. The summed E-state index contributed by atoms with van der Waals surface area (Å²) in [6.07, 6.45) is 0. The zero-order chi connectivity index (χ0) is 32.2. The van der Waals surface area contributed by atoms with Crippen molar-refractivity contribution in [1.29, 1.82) is 10.5 Å². The Morgan fingerprint density at radius 2 is 0.833 bits per heavy atom. The topological polar surface area (TPSA) is 57.4 Å². The number of fused-ring (bicyclic) bond motifs is 6. The van der Waals surface area contributed by atoms with Crippen molar-refractivity contribution in [2.45, 2.75) is 0 Å². The quantitative estimate of drug-likeness (QED) is 0.199. The van der Waals surface area contributed by atoms with Gasteiger partial charge >= 0.3 is 0 Å². The molecule has 48 heavy (non-hydrogen) atoms. The van der Waals surface area contributed by atoms with Crippen molar-refractivity contribution in [1.82, 2.24) is 9.13 Å². The van der Waals surface area contributed by atoms with Crippen LogP contribution in [-0.2, 0) is 0 Å². The lowest BCUT2D eigenvalue weighted by Crippen LogP contribution is -2.00. The van der Waals surface area contributed by atoms with Crippen LogP contribution in [0.4, 0.5) is 0 Å². The van der Waals surface area contributed by atoms with Crippen molar-refractivity contribution in [3.05, 3.63) is 169 Å². The molecule has 0 aliphatic carbocycles. The Bertz CT molecular complexity index is 2690. The Labute approximate surface area is 277 Å². The van der Waals surface area contributed by atoms with Gasteiger partial charge in [0.15, 0.2) is 0 Å². The van der Waals surface area contributed by atoms with E-state index in [1.165, 1.54) is 10.8 Å². The van der Waals surface area contributed by atoms with Gasteiger partial charge in [0.25, 0.3) is 0 Å². The third-order valence-electron chi connectivity index (χ3n) is 9.43. The minimum absolute atomic E-state index is 0.604. The van der Waals surface area contributed by atoms with E-state index in [1.54, 1.807) is 0 Å². The Morgan fingerprint density at radius 1 is 0.375 bits per heavy atom. The molecule has 2 aromatic heterocycles. The monoisotopic (exact) mass is 610 g/mol. The third-order valence-corrected chi connectivity index (χ3v) is 9.43. The lowest BCUT2D eigenvalue weighted by atomic mass is 9.95. The fourth-order valence-corrected chi connectivity index (χ4v) is 7.31. The molecule has 0 saturated heterocycles. The molecular formula is C44H26N4. The van der Waals surface area contributed by atoms with Crippen molar-refractivity contribution in [3.63, 3.8) is 0 Å². The highest BCUT2D eigenvalue weighted by molar-refractivity contribution is 6.10. The van der Waals surface area contributed by atoms with Crippen LogP contribution in [0.2, 0.25) is 0 Å². The van der Waals surface area contributed by atoms with E-state index in [0.717, 1.165) is 66.5 Å². The number of aromatic nitrogens is 2. The van der Waals surface area contributed by atoms with Gasteiger partial charge in [0, 0.05) is 32.7 Å². The van der Waals surface area contributed by atoms with Crippen molar-refractivity contribution in [2.24, 2.45) is 0 Å². The second-order valence-corrected chi connectivity index (χ2v) is 12.0. The first-order chi connectivity index (χ1) is 23.7. The average molecular weight is 611 g/mol. The summed E-state index contributed by atoms with van der Waals surface area (Å²) in [5, 5.41) is 25.1. The maximum absolute atomic E-state index is 10.6. The molecule has 222 valence electrons. The summed E-state index contributed by atoms with van der Waals surface area (Å²) in [6.45, 7) is 0. The molecule has 0 bridgehead atoms. The van der Waals surface area contributed by atoms with Gasteiger partial charge in [-0.05, 0) is 53.6 Å². The highest BCUT2D eigenvalue weighted by Crippen LogP contribution is 2.39. The summed E-state index contributed by atoms with van der Waals surface area (Å²) in [4.78, 5) is 0. The molecule has 9 rings (SSSR count). The Balaban J connectivity index is 1.20. The molecule has 0 saturated carbocycles. The van der Waals surface area contributed by atoms with Gasteiger partial charge in [-0.1, -0.05) is 115 Å². The van der Waals surface area contributed by atoms with Gasteiger partial charge in [-0.25, -0.2) is 0 Å². The first-order valence-electron chi connectivity index (χ1n) is 15.9. The van der Waals surface area contributed by atoms with Crippen LogP contribution in [0, 0.1) is 22.7 Å². The first-order valence-corrected chi connectivity index (χ1v) is 15.9. The second kappa shape index (κ2) is 10.9. The maximum Gasteiger partial charge on any atom is 0.102 e. The fraction of sp³-hybridized carbons (Fsp3) is 0. The number of nitrogens with zero attached hydrogens (tertiary/aromatic N) is 4. The van der Waals surface area contributed by atoms with E-state index in [1.807, 2.05) is 48.5 Å². The predicted molar refractivity (Wildman–Crippen MR) is 195 cm³/mol. The lowest BCUT2D eigenvalue weighted by Gasteiger charge is -2.16. The van der Waals surface area contributed by atoms with Gasteiger partial charge in [0.2, 0.25) is 0 Å². The highest BCUT2D eigenvalue weighted by Gasteiger charge is 2.19. The molecule has 0 unspecified atom stereocenters. The van der Waals surface area contributed by atoms with Crippen molar-refractivity contribution < 1.29 is 0 Å². The zero-order valence-electron chi connectivity index (χ0n) is 25.8. The predicted octanol–water partition coefficient (Wildman–Crippen LogP) is 11.0. The molecule has 0 spiro atoms. The molecule has 2 heterocycles. The summed E-state index contributed by atoms with van der Waals surface area (Å²) < 4.78 is 4.47. The lowest BCUT2D eigenvalue weighted by molar-refractivity contribution is 1.17. The van der Waals surface area contributed by atoms with E-state index in [4.69, 9.17) is 0 Å². The molecule has 0 fully saturated rings. The van der Waals surface area contributed by atoms with E-state index in [2.05, 4.69) is 130 Å². The minimum atomic E-state index is 0.604. The average Bonchev–Trinajstić information content (AvgIpc) is 3.67. The van der Waals surface area contributed by atoms with Gasteiger partial charge in [-0.3, -0.25) is 0 Å². The smallest absolute Gasteiger partial charge is 0.102 e. The number of nitriles is 2. The molecular weight excluding hydrogens is 585 g/mol. The van der Waals surface area contributed by atoms with Crippen LogP contribution in [0.15, 0.2) is 158 Å². The third kappa shape index (κ3) is 4.07. The van der Waals surface area contributed by atoms with Crippen LogP contribution in [0.5, 0.6) is 0 Å². The minimum Gasteiger partial charge on any atom is -0.309 e. The molecule has 0 N–H and O–H groups in total. The van der Waals surface area contributed by atoms with Crippen LogP contribution in [-0.4, -0.2) is 9.13 Å². The van der Waals surface area contributed by atoms with E-state index in [0.29, 0.717) is 11.1 Å². The number of para-hydroxylation sites is 4. The van der Waals surface area contributed by atoms with Crippen LogP contribution in [0.1, 0.15) is 11.1 Å². The summed E-state index contributed by atoms with van der Waals surface area (Å²) in [7, 11) is 0. The van der Waals surface area contributed by atoms with Gasteiger partial charge in [0.1, 0.15) is 6.07 Å². The number of benzene rings is 7. The largest absolute Gasteiger partial charge is 0.309 e. The molecule has 4 nitrogen and oxygen atoms in total. The van der Waals surface area contributed by atoms with Crippen LogP contribution >= 0.6 is 0 Å². The van der Waals surface area contributed by atoms with Gasteiger partial charge in [-0.15, -0.1) is 0 Å². The van der Waals surface area contributed by atoms with Crippen molar-refractivity contribution >= 4 is 43.6 Å². The van der Waals surface area contributed by atoms with Gasteiger partial charge in [0.05, 0.1) is 50.6 Å². The molecule has 0 atom stereocenters. The number of hydrogen-bond acceptors (Lipinski definition) is 2. The van der Waals surface area contributed by atoms with Crippen molar-refractivity contribution in [3.8, 4) is 45.8 Å². The molecule has 0 aliphatic rings. The van der Waals surface area contributed by atoms with E-state index < -0.39 is 0 Å². The van der Waals surface area contributed by atoms with Crippen LogP contribution in [0.3, 0.4) is 0 Å². The standard InChI is InChI=1S/C44H26N4/c45-27-29-20-25-33(44(26-29)48-41-17-7-3-12-36(41)37-13-4-8-18-42(37)48)31-23-21-30(22-24-31)32-14-9-19-43(38(32)28-46)47-39-15-5-1-10-34(39)35-11-2-6-16-40(35)47/h1-26H. The molecule has 4 heteroatoms. The van der Waals surface area contributed by atoms with Gasteiger partial charge in [-0.2, -0.15) is 10.5 Å². The first kappa shape index (κ1) is 27.4.